The van der Waals surface area contributed by atoms with Crippen molar-refractivity contribution in [3.8, 4) is 0 Å². The largest absolute Gasteiger partial charge is 0.371 e. The molecule has 0 saturated heterocycles. The molecule has 0 aliphatic carbocycles. The van der Waals surface area contributed by atoms with Gasteiger partial charge in [-0.3, -0.25) is 0 Å². The van der Waals surface area contributed by atoms with Crippen molar-refractivity contribution in [2.24, 2.45) is 11.5 Å². The molecule has 0 amide bonds. The average molecular weight is 221 g/mol. The summed E-state index contributed by atoms with van der Waals surface area (Å²) in [4.78, 5) is 2.36. The first kappa shape index (κ1) is 13.0. The van der Waals surface area contributed by atoms with Crippen LogP contribution in [0.25, 0.3) is 0 Å². The summed E-state index contributed by atoms with van der Waals surface area (Å²) in [5.41, 5.74) is 13.7. The van der Waals surface area contributed by atoms with E-state index in [1.165, 1.54) is 11.3 Å². The molecule has 0 atom stereocenters. The van der Waals surface area contributed by atoms with E-state index in [-0.39, 0.29) is 0 Å². The molecule has 0 spiro atoms. The van der Waals surface area contributed by atoms with Crippen LogP contribution >= 0.6 is 0 Å². The molecular formula is C13H23N3. The van der Waals surface area contributed by atoms with E-state index in [0.717, 1.165) is 39.0 Å². The zero-order chi connectivity index (χ0) is 11.8. The highest BCUT2D eigenvalue weighted by atomic mass is 15.1. The van der Waals surface area contributed by atoms with Crippen LogP contribution in [0.15, 0.2) is 24.3 Å². The summed E-state index contributed by atoms with van der Waals surface area (Å²) in [6.45, 7) is 5.61. The summed E-state index contributed by atoms with van der Waals surface area (Å²) in [6, 6.07) is 8.63. The van der Waals surface area contributed by atoms with Crippen LogP contribution < -0.4 is 16.4 Å². The van der Waals surface area contributed by atoms with Crippen molar-refractivity contribution >= 4 is 5.69 Å². The van der Waals surface area contributed by atoms with E-state index < -0.39 is 0 Å². The minimum absolute atomic E-state index is 0.741. The highest BCUT2D eigenvalue weighted by molar-refractivity contribution is 5.47. The molecule has 90 valence electrons. The van der Waals surface area contributed by atoms with Crippen molar-refractivity contribution < 1.29 is 0 Å². The van der Waals surface area contributed by atoms with E-state index in [0.29, 0.717) is 0 Å². The molecule has 0 bridgehead atoms. The standard InChI is InChI=1S/C13H23N3/c1-12-4-6-13(7-5-12)16(10-2-8-14)11-3-9-15/h4-7H,2-3,8-11,14-15H2,1H3. The Morgan fingerprint density at radius 1 is 0.938 bits per heavy atom. The van der Waals surface area contributed by atoms with E-state index in [1.807, 2.05) is 0 Å². The van der Waals surface area contributed by atoms with Gasteiger partial charge >= 0.3 is 0 Å². The Morgan fingerprint density at radius 3 is 1.88 bits per heavy atom. The normalized spacial score (nSPS) is 10.4. The Kier molecular flexibility index (Phi) is 5.90. The Morgan fingerprint density at radius 2 is 1.44 bits per heavy atom. The maximum Gasteiger partial charge on any atom is 0.0366 e. The lowest BCUT2D eigenvalue weighted by molar-refractivity contribution is 0.702. The summed E-state index contributed by atoms with van der Waals surface area (Å²) in [5, 5.41) is 0. The molecule has 1 aromatic carbocycles. The first-order chi connectivity index (χ1) is 7.77. The van der Waals surface area contributed by atoms with Crippen LogP contribution in [-0.4, -0.2) is 26.2 Å². The second-order valence-electron chi connectivity index (χ2n) is 4.11. The fraction of sp³-hybridized carbons (Fsp3) is 0.538. The molecule has 0 aromatic heterocycles. The Bertz CT molecular complexity index is 274. The molecule has 16 heavy (non-hydrogen) atoms. The number of hydrogen-bond donors (Lipinski definition) is 2. The predicted molar refractivity (Wildman–Crippen MR) is 70.7 cm³/mol. The fourth-order valence-electron chi connectivity index (χ4n) is 1.69. The van der Waals surface area contributed by atoms with Gasteiger partial charge in [0.05, 0.1) is 0 Å². The van der Waals surface area contributed by atoms with Crippen LogP contribution in [0.2, 0.25) is 0 Å². The third-order valence-corrected chi connectivity index (χ3v) is 2.66. The van der Waals surface area contributed by atoms with Gasteiger partial charge in [0.2, 0.25) is 0 Å². The van der Waals surface area contributed by atoms with Gasteiger partial charge in [-0.25, -0.2) is 0 Å². The molecule has 0 unspecified atom stereocenters. The van der Waals surface area contributed by atoms with Gasteiger partial charge in [0.15, 0.2) is 0 Å². The molecule has 0 heterocycles. The van der Waals surface area contributed by atoms with Gasteiger partial charge in [-0.2, -0.15) is 0 Å². The van der Waals surface area contributed by atoms with Crippen LogP contribution in [0, 0.1) is 6.92 Å². The lowest BCUT2D eigenvalue weighted by Crippen LogP contribution is -2.28. The first-order valence-electron chi connectivity index (χ1n) is 5.99. The monoisotopic (exact) mass is 221 g/mol. The highest BCUT2D eigenvalue weighted by Crippen LogP contribution is 2.15. The third kappa shape index (κ3) is 4.21. The molecule has 4 N–H and O–H groups in total. The van der Waals surface area contributed by atoms with Crippen molar-refractivity contribution in [1.29, 1.82) is 0 Å². The minimum atomic E-state index is 0.741. The van der Waals surface area contributed by atoms with Gasteiger partial charge in [0.1, 0.15) is 0 Å². The summed E-state index contributed by atoms with van der Waals surface area (Å²) in [6.07, 6.45) is 2.05. The lowest BCUT2D eigenvalue weighted by Gasteiger charge is -2.24. The number of nitrogens with two attached hydrogens (primary N) is 2. The second-order valence-corrected chi connectivity index (χ2v) is 4.11. The van der Waals surface area contributed by atoms with Crippen LogP contribution in [0.4, 0.5) is 5.69 Å². The van der Waals surface area contributed by atoms with Crippen molar-refractivity contribution in [1.82, 2.24) is 0 Å². The first-order valence-corrected chi connectivity index (χ1v) is 5.99. The summed E-state index contributed by atoms with van der Waals surface area (Å²) < 4.78 is 0. The average Bonchev–Trinajstić information content (AvgIpc) is 2.31. The van der Waals surface area contributed by atoms with Gasteiger partial charge in [-0.15, -0.1) is 0 Å². The molecule has 3 nitrogen and oxygen atoms in total. The lowest BCUT2D eigenvalue weighted by atomic mass is 10.2. The number of anilines is 1. The van der Waals surface area contributed by atoms with Gasteiger partial charge < -0.3 is 16.4 Å². The zero-order valence-electron chi connectivity index (χ0n) is 10.2. The number of hydrogen-bond acceptors (Lipinski definition) is 3. The molecule has 1 rings (SSSR count). The molecule has 3 heteroatoms. The summed E-state index contributed by atoms with van der Waals surface area (Å²) in [7, 11) is 0. The second kappa shape index (κ2) is 7.25. The highest BCUT2D eigenvalue weighted by Gasteiger charge is 2.04. The molecule has 0 aliphatic rings. The Hall–Kier alpha value is -1.06. The van der Waals surface area contributed by atoms with Crippen LogP contribution in [-0.2, 0) is 0 Å². The summed E-state index contributed by atoms with van der Waals surface area (Å²) >= 11 is 0. The van der Waals surface area contributed by atoms with Gasteiger partial charge in [-0.1, -0.05) is 17.7 Å². The molecule has 0 aliphatic heterocycles. The van der Waals surface area contributed by atoms with Crippen molar-refractivity contribution in [2.45, 2.75) is 19.8 Å². The zero-order valence-corrected chi connectivity index (χ0v) is 10.2. The van der Waals surface area contributed by atoms with E-state index in [4.69, 9.17) is 11.5 Å². The SMILES string of the molecule is Cc1ccc(N(CCCN)CCCN)cc1. The minimum Gasteiger partial charge on any atom is -0.371 e. The number of nitrogens with zero attached hydrogens (tertiary/aromatic N) is 1. The number of benzene rings is 1. The van der Waals surface area contributed by atoms with Gasteiger partial charge in [0.25, 0.3) is 0 Å². The Balaban J connectivity index is 2.62. The third-order valence-electron chi connectivity index (χ3n) is 2.66. The van der Waals surface area contributed by atoms with Crippen molar-refractivity contribution in [3.63, 3.8) is 0 Å². The maximum absolute atomic E-state index is 5.56. The van der Waals surface area contributed by atoms with Crippen molar-refractivity contribution in [2.75, 3.05) is 31.1 Å². The predicted octanol–water partition coefficient (Wildman–Crippen LogP) is 1.50. The fourth-order valence-corrected chi connectivity index (χ4v) is 1.69. The molecule has 1 aromatic rings. The smallest absolute Gasteiger partial charge is 0.0366 e. The Labute approximate surface area is 98.4 Å². The van der Waals surface area contributed by atoms with Gasteiger partial charge in [-0.05, 0) is 45.0 Å². The molecule has 0 radical (unpaired) electrons. The molecular weight excluding hydrogens is 198 g/mol. The number of rotatable bonds is 7. The van der Waals surface area contributed by atoms with E-state index in [1.54, 1.807) is 0 Å². The van der Waals surface area contributed by atoms with Gasteiger partial charge in [0, 0.05) is 18.8 Å². The summed E-state index contributed by atoms with van der Waals surface area (Å²) in [5.74, 6) is 0. The maximum atomic E-state index is 5.56. The van der Waals surface area contributed by atoms with E-state index in [9.17, 15) is 0 Å². The number of aryl methyl sites for hydroxylation is 1. The van der Waals surface area contributed by atoms with E-state index >= 15 is 0 Å². The molecule has 0 fully saturated rings. The van der Waals surface area contributed by atoms with Crippen LogP contribution in [0.3, 0.4) is 0 Å². The van der Waals surface area contributed by atoms with Crippen LogP contribution in [0.5, 0.6) is 0 Å². The van der Waals surface area contributed by atoms with E-state index in [2.05, 4.69) is 36.1 Å². The molecule has 0 saturated carbocycles. The quantitative estimate of drug-likeness (QED) is 0.733. The van der Waals surface area contributed by atoms with Crippen LogP contribution in [0.1, 0.15) is 18.4 Å². The topological polar surface area (TPSA) is 55.3 Å². The van der Waals surface area contributed by atoms with Crippen molar-refractivity contribution in [3.05, 3.63) is 29.8 Å².